The van der Waals surface area contributed by atoms with Gasteiger partial charge in [0.15, 0.2) is 5.69 Å². The highest BCUT2D eigenvalue weighted by Gasteiger charge is 2.40. The standard InChI is InChI=1S/C7H8ClF4N3/c1-15-6(8)4(3(9)2-13)5(14-15)7(10,11)12/h3H,2,13H2,1H3. The first-order valence-electron chi connectivity index (χ1n) is 3.92. The van der Waals surface area contributed by atoms with Crippen LogP contribution in [0.15, 0.2) is 0 Å². The Morgan fingerprint density at radius 1 is 1.53 bits per heavy atom. The van der Waals surface area contributed by atoms with E-state index in [1.165, 1.54) is 7.05 Å². The van der Waals surface area contributed by atoms with Crippen molar-refractivity contribution in [3.63, 3.8) is 0 Å². The maximum Gasteiger partial charge on any atom is 0.435 e. The van der Waals surface area contributed by atoms with Crippen molar-refractivity contribution < 1.29 is 17.6 Å². The van der Waals surface area contributed by atoms with Crippen LogP contribution in [-0.4, -0.2) is 16.3 Å². The summed E-state index contributed by atoms with van der Waals surface area (Å²) in [6.45, 7) is -0.575. The van der Waals surface area contributed by atoms with Crippen LogP contribution in [-0.2, 0) is 13.2 Å². The number of hydrogen-bond acceptors (Lipinski definition) is 2. The van der Waals surface area contributed by atoms with E-state index in [0.717, 1.165) is 4.68 Å². The third-order valence-corrected chi connectivity index (χ3v) is 2.25. The monoisotopic (exact) mass is 245 g/mol. The van der Waals surface area contributed by atoms with Gasteiger partial charge < -0.3 is 5.73 Å². The van der Waals surface area contributed by atoms with Gasteiger partial charge in [-0.1, -0.05) is 11.6 Å². The van der Waals surface area contributed by atoms with Crippen LogP contribution >= 0.6 is 11.6 Å². The van der Waals surface area contributed by atoms with Crippen molar-refractivity contribution in [3.05, 3.63) is 16.4 Å². The smallest absolute Gasteiger partial charge is 0.327 e. The predicted molar refractivity (Wildman–Crippen MR) is 46.1 cm³/mol. The number of nitrogens with two attached hydrogens (primary N) is 1. The van der Waals surface area contributed by atoms with Crippen molar-refractivity contribution in [1.29, 1.82) is 0 Å². The molecule has 15 heavy (non-hydrogen) atoms. The third kappa shape index (κ3) is 2.23. The van der Waals surface area contributed by atoms with Crippen molar-refractivity contribution in [1.82, 2.24) is 9.78 Å². The molecule has 1 aromatic rings. The van der Waals surface area contributed by atoms with E-state index in [1.54, 1.807) is 0 Å². The minimum atomic E-state index is -4.74. The Hall–Kier alpha value is -0.820. The van der Waals surface area contributed by atoms with Gasteiger partial charge in [0.05, 0.1) is 5.56 Å². The van der Waals surface area contributed by atoms with Crippen LogP contribution in [0.3, 0.4) is 0 Å². The van der Waals surface area contributed by atoms with Gasteiger partial charge >= 0.3 is 6.18 Å². The summed E-state index contributed by atoms with van der Waals surface area (Å²) < 4.78 is 51.1. The fraction of sp³-hybridized carbons (Fsp3) is 0.571. The molecule has 1 atom stereocenters. The van der Waals surface area contributed by atoms with E-state index in [4.69, 9.17) is 17.3 Å². The molecule has 2 N–H and O–H groups in total. The summed E-state index contributed by atoms with van der Waals surface area (Å²) in [4.78, 5) is 0. The molecule has 8 heteroatoms. The maximum absolute atomic E-state index is 13.2. The Balaban J connectivity index is 3.34. The second kappa shape index (κ2) is 3.97. The van der Waals surface area contributed by atoms with Gasteiger partial charge in [-0.25, -0.2) is 4.39 Å². The largest absolute Gasteiger partial charge is 0.435 e. The summed E-state index contributed by atoms with van der Waals surface area (Å²) in [7, 11) is 1.20. The molecule has 0 aromatic carbocycles. The Kier molecular flexibility index (Phi) is 3.25. The number of nitrogens with zero attached hydrogens (tertiary/aromatic N) is 2. The number of rotatable bonds is 2. The molecule has 0 aliphatic heterocycles. The number of aryl methyl sites for hydroxylation is 1. The molecule has 1 unspecified atom stereocenters. The highest BCUT2D eigenvalue weighted by Crippen LogP contribution is 2.38. The molecule has 0 saturated heterocycles. The first-order chi connectivity index (χ1) is 6.79. The molecule has 1 heterocycles. The SMILES string of the molecule is Cn1nc(C(F)(F)F)c(C(F)CN)c1Cl. The second-order valence-electron chi connectivity index (χ2n) is 2.88. The third-order valence-electron chi connectivity index (χ3n) is 1.80. The zero-order valence-electron chi connectivity index (χ0n) is 7.65. The average Bonchev–Trinajstić information content (AvgIpc) is 2.42. The first-order valence-corrected chi connectivity index (χ1v) is 4.30. The van der Waals surface area contributed by atoms with Crippen LogP contribution in [0.5, 0.6) is 0 Å². The van der Waals surface area contributed by atoms with Gasteiger partial charge in [0.1, 0.15) is 11.3 Å². The number of halogens is 5. The Morgan fingerprint density at radius 3 is 2.47 bits per heavy atom. The van der Waals surface area contributed by atoms with E-state index >= 15 is 0 Å². The number of aromatic nitrogens is 2. The molecule has 0 aliphatic carbocycles. The molecule has 0 spiro atoms. The molecule has 0 radical (unpaired) electrons. The number of alkyl halides is 4. The van der Waals surface area contributed by atoms with Crippen LogP contribution in [0, 0.1) is 0 Å². The predicted octanol–water partition coefficient (Wildman–Crippen LogP) is 2.06. The molecule has 0 fully saturated rings. The van der Waals surface area contributed by atoms with Gasteiger partial charge in [-0.05, 0) is 0 Å². The Bertz CT molecular complexity index is 360. The second-order valence-corrected chi connectivity index (χ2v) is 3.24. The van der Waals surface area contributed by atoms with E-state index in [0.29, 0.717) is 0 Å². The van der Waals surface area contributed by atoms with Crippen LogP contribution in [0.1, 0.15) is 17.4 Å². The molecule has 0 saturated carbocycles. The summed E-state index contributed by atoms with van der Waals surface area (Å²) in [6.07, 6.45) is -6.71. The van der Waals surface area contributed by atoms with Crippen molar-refractivity contribution >= 4 is 11.6 Å². The van der Waals surface area contributed by atoms with Crippen molar-refractivity contribution in [2.45, 2.75) is 12.3 Å². The highest BCUT2D eigenvalue weighted by molar-refractivity contribution is 6.30. The van der Waals surface area contributed by atoms with Crippen molar-refractivity contribution in [2.24, 2.45) is 12.8 Å². The first kappa shape index (κ1) is 12.3. The molecular weight excluding hydrogens is 238 g/mol. The minimum absolute atomic E-state index is 0.389. The van der Waals surface area contributed by atoms with E-state index in [-0.39, 0.29) is 5.15 Å². The van der Waals surface area contributed by atoms with Gasteiger partial charge in [-0.2, -0.15) is 18.3 Å². The summed E-state index contributed by atoms with van der Waals surface area (Å²) in [5.74, 6) is 0. The van der Waals surface area contributed by atoms with Gasteiger partial charge in [-0.3, -0.25) is 4.68 Å². The summed E-state index contributed by atoms with van der Waals surface area (Å²) in [6, 6.07) is 0. The van der Waals surface area contributed by atoms with Gasteiger partial charge in [0, 0.05) is 13.6 Å². The highest BCUT2D eigenvalue weighted by atomic mass is 35.5. The van der Waals surface area contributed by atoms with Crippen LogP contribution in [0.4, 0.5) is 17.6 Å². The summed E-state index contributed by atoms with van der Waals surface area (Å²) >= 11 is 5.50. The van der Waals surface area contributed by atoms with Crippen molar-refractivity contribution in [3.8, 4) is 0 Å². The van der Waals surface area contributed by atoms with E-state index in [2.05, 4.69) is 5.10 Å². The van der Waals surface area contributed by atoms with E-state index < -0.39 is 30.2 Å². The molecule has 3 nitrogen and oxygen atoms in total. The van der Waals surface area contributed by atoms with Crippen LogP contribution in [0.25, 0.3) is 0 Å². The Labute approximate surface area is 87.8 Å². The lowest BCUT2D eigenvalue weighted by Crippen LogP contribution is -2.14. The van der Waals surface area contributed by atoms with Gasteiger partial charge in [0.2, 0.25) is 0 Å². The van der Waals surface area contributed by atoms with Crippen molar-refractivity contribution in [2.75, 3.05) is 6.54 Å². The molecule has 86 valence electrons. The minimum Gasteiger partial charge on any atom is -0.327 e. The van der Waals surface area contributed by atoms with Crippen LogP contribution in [0.2, 0.25) is 5.15 Å². The lowest BCUT2D eigenvalue weighted by molar-refractivity contribution is -0.142. The molecule has 1 aromatic heterocycles. The lowest BCUT2D eigenvalue weighted by Gasteiger charge is -2.08. The average molecular weight is 246 g/mol. The Morgan fingerprint density at radius 2 is 2.07 bits per heavy atom. The molecular formula is C7H8ClF4N3. The zero-order chi connectivity index (χ0) is 11.8. The molecule has 0 aliphatic rings. The molecule has 1 rings (SSSR count). The van der Waals surface area contributed by atoms with E-state index in [9.17, 15) is 17.6 Å². The number of hydrogen-bond donors (Lipinski definition) is 1. The summed E-state index contributed by atoms with van der Waals surface area (Å²) in [5.41, 5.74) is 2.93. The van der Waals surface area contributed by atoms with Crippen LogP contribution < -0.4 is 5.73 Å². The van der Waals surface area contributed by atoms with E-state index in [1.807, 2.05) is 0 Å². The topological polar surface area (TPSA) is 43.8 Å². The molecule has 0 amide bonds. The zero-order valence-corrected chi connectivity index (χ0v) is 8.40. The summed E-state index contributed by atoms with van der Waals surface area (Å²) in [5, 5.41) is 2.73. The maximum atomic E-state index is 13.2. The van der Waals surface area contributed by atoms with Gasteiger partial charge in [-0.15, -0.1) is 0 Å². The fourth-order valence-electron chi connectivity index (χ4n) is 1.12. The van der Waals surface area contributed by atoms with Gasteiger partial charge in [0.25, 0.3) is 0 Å². The fourth-order valence-corrected chi connectivity index (χ4v) is 1.37. The molecule has 0 bridgehead atoms. The normalized spacial score (nSPS) is 14.3. The lowest BCUT2D eigenvalue weighted by atomic mass is 10.1. The quantitative estimate of drug-likeness (QED) is 0.811.